The number of likely N-dealkylation sites (tertiary alicyclic amines) is 1. The summed E-state index contributed by atoms with van der Waals surface area (Å²) < 4.78 is 5.70. The van der Waals surface area contributed by atoms with Crippen molar-refractivity contribution in [2.45, 2.75) is 45.6 Å². The summed E-state index contributed by atoms with van der Waals surface area (Å²) in [6.45, 7) is 9.85. The van der Waals surface area contributed by atoms with Gasteiger partial charge in [0.25, 0.3) is 0 Å². The van der Waals surface area contributed by atoms with E-state index in [1.165, 1.54) is 32.4 Å². The van der Waals surface area contributed by atoms with Crippen LogP contribution in [0.1, 0.15) is 40.0 Å². The molecule has 0 N–H and O–H groups in total. The molecule has 1 aliphatic heterocycles. The maximum Gasteiger partial charge on any atom is 0.0598 e. The average Bonchev–Trinajstić information content (AvgIpc) is 2.44. The van der Waals surface area contributed by atoms with Crippen LogP contribution < -0.4 is 0 Å². The molecule has 14 heavy (non-hydrogen) atoms. The van der Waals surface area contributed by atoms with E-state index in [-0.39, 0.29) is 5.60 Å². The lowest BCUT2D eigenvalue weighted by molar-refractivity contribution is -0.00577. The second-order valence-electron chi connectivity index (χ2n) is 5.52. The number of ether oxygens (including phenoxy) is 1. The van der Waals surface area contributed by atoms with Crippen LogP contribution in [-0.4, -0.2) is 37.2 Å². The first kappa shape index (κ1) is 12.0. The van der Waals surface area contributed by atoms with Gasteiger partial charge in [-0.1, -0.05) is 0 Å². The van der Waals surface area contributed by atoms with Crippen LogP contribution in [0.3, 0.4) is 0 Å². The van der Waals surface area contributed by atoms with Crippen LogP contribution in [0.25, 0.3) is 0 Å². The molecular formula is C12H25NO. The first-order valence-electron chi connectivity index (χ1n) is 5.80. The van der Waals surface area contributed by atoms with Crippen molar-refractivity contribution >= 4 is 0 Å². The van der Waals surface area contributed by atoms with Gasteiger partial charge in [0.1, 0.15) is 0 Å². The fourth-order valence-corrected chi connectivity index (χ4v) is 2.01. The first-order chi connectivity index (χ1) is 6.47. The summed E-state index contributed by atoms with van der Waals surface area (Å²) in [5.74, 6) is 0.920. The van der Waals surface area contributed by atoms with E-state index in [9.17, 15) is 0 Å². The third-order valence-electron chi connectivity index (χ3n) is 2.78. The highest BCUT2D eigenvalue weighted by Crippen LogP contribution is 2.20. The second-order valence-corrected chi connectivity index (χ2v) is 5.52. The average molecular weight is 199 g/mol. The molecule has 2 nitrogen and oxygen atoms in total. The van der Waals surface area contributed by atoms with Crippen molar-refractivity contribution in [3.63, 3.8) is 0 Å². The smallest absolute Gasteiger partial charge is 0.0598 e. The SMILES string of the molecule is CN1CCC(CCCOC(C)(C)C)C1. The number of hydrogen-bond donors (Lipinski definition) is 0. The number of rotatable bonds is 4. The Hall–Kier alpha value is -0.0800. The van der Waals surface area contributed by atoms with Crippen molar-refractivity contribution in [2.75, 3.05) is 26.7 Å². The minimum absolute atomic E-state index is 0.0342. The summed E-state index contributed by atoms with van der Waals surface area (Å²) in [6, 6.07) is 0. The maximum atomic E-state index is 5.70. The van der Waals surface area contributed by atoms with E-state index in [1.54, 1.807) is 0 Å². The van der Waals surface area contributed by atoms with E-state index in [0.29, 0.717) is 0 Å². The number of hydrogen-bond acceptors (Lipinski definition) is 2. The van der Waals surface area contributed by atoms with Gasteiger partial charge in [0, 0.05) is 13.2 Å². The summed E-state index contributed by atoms with van der Waals surface area (Å²) in [7, 11) is 2.21. The van der Waals surface area contributed by atoms with Gasteiger partial charge in [-0.2, -0.15) is 0 Å². The monoisotopic (exact) mass is 199 g/mol. The lowest BCUT2D eigenvalue weighted by atomic mass is 10.0. The largest absolute Gasteiger partial charge is 0.376 e. The molecule has 0 aromatic rings. The Labute approximate surface area is 88.6 Å². The van der Waals surface area contributed by atoms with E-state index in [0.717, 1.165) is 12.5 Å². The Kier molecular flexibility index (Phi) is 4.39. The van der Waals surface area contributed by atoms with Gasteiger partial charge in [-0.15, -0.1) is 0 Å². The highest BCUT2D eigenvalue weighted by molar-refractivity contribution is 4.72. The summed E-state index contributed by atoms with van der Waals surface area (Å²) in [5.41, 5.74) is 0.0342. The minimum Gasteiger partial charge on any atom is -0.376 e. The standard InChI is InChI=1S/C12H25NO/c1-12(2,3)14-9-5-6-11-7-8-13(4)10-11/h11H,5-10H2,1-4H3. The molecule has 0 aromatic heterocycles. The minimum atomic E-state index is 0.0342. The Morgan fingerprint density at radius 3 is 2.57 bits per heavy atom. The van der Waals surface area contributed by atoms with Crippen LogP contribution in [-0.2, 0) is 4.74 Å². The van der Waals surface area contributed by atoms with Crippen molar-refractivity contribution in [1.29, 1.82) is 0 Å². The summed E-state index contributed by atoms with van der Waals surface area (Å²) in [5, 5.41) is 0. The molecule has 1 aliphatic rings. The zero-order valence-electron chi connectivity index (χ0n) is 10.2. The van der Waals surface area contributed by atoms with E-state index in [2.05, 4.69) is 32.7 Å². The Bertz CT molecular complexity index is 162. The molecule has 1 heterocycles. The highest BCUT2D eigenvalue weighted by atomic mass is 16.5. The van der Waals surface area contributed by atoms with Gasteiger partial charge in [0.15, 0.2) is 0 Å². The van der Waals surface area contributed by atoms with Gasteiger partial charge >= 0.3 is 0 Å². The van der Waals surface area contributed by atoms with Crippen LogP contribution in [0.15, 0.2) is 0 Å². The lowest BCUT2D eigenvalue weighted by Crippen LogP contribution is -2.20. The van der Waals surface area contributed by atoms with E-state index >= 15 is 0 Å². The maximum absolute atomic E-state index is 5.70. The van der Waals surface area contributed by atoms with Gasteiger partial charge in [-0.05, 0) is 59.5 Å². The van der Waals surface area contributed by atoms with Crippen LogP contribution in [0.2, 0.25) is 0 Å². The Morgan fingerprint density at radius 1 is 1.36 bits per heavy atom. The zero-order chi connectivity index (χ0) is 10.6. The Balaban J connectivity index is 1.99. The zero-order valence-corrected chi connectivity index (χ0v) is 10.2. The molecule has 1 saturated heterocycles. The van der Waals surface area contributed by atoms with Crippen molar-refractivity contribution in [3.05, 3.63) is 0 Å². The van der Waals surface area contributed by atoms with Gasteiger partial charge in [-0.3, -0.25) is 0 Å². The molecule has 2 heteroatoms. The Morgan fingerprint density at radius 2 is 2.07 bits per heavy atom. The normalized spacial score (nSPS) is 24.4. The molecule has 0 aliphatic carbocycles. The molecule has 0 radical (unpaired) electrons. The van der Waals surface area contributed by atoms with Crippen molar-refractivity contribution in [1.82, 2.24) is 4.90 Å². The van der Waals surface area contributed by atoms with Gasteiger partial charge in [0.05, 0.1) is 5.60 Å². The molecule has 0 saturated carbocycles. The van der Waals surface area contributed by atoms with Crippen molar-refractivity contribution in [2.24, 2.45) is 5.92 Å². The topological polar surface area (TPSA) is 12.5 Å². The quantitative estimate of drug-likeness (QED) is 0.645. The molecule has 0 bridgehead atoms. The predicted octanol–water partition coefficient (Wildman–Crippen LogP) is 2.53. The molecule has 1 fully saturated rings. The first-order valence-corrected chi connectivity index (χ1v) is 5.80. The van der Waals surface area contributed by atoms with Crippen LogP contribution in [0.5, 0.6) is 0 Å². The van der Waals surface area contributed by atoms with Crippen LogP contribution in [0.4, 0.5) is 0 Å². The fourth-order valence-electron chi connectivity index (χ4n) is 2.01. The molecule has 84 valence electrons. The summed E-state index contributed by atoms with van der Waals surface area (Å²) in [4.78, 5) is 2.43. The molecular weight excluding hydrogens is 174 g/mol. The molecule has 1 rings (SSSR count). The summed E-state index contributed by atoms with van der Waals surface area (Å²) >= 11 is 0. The molecule has 1 atom stereocenters. The number of nitrogens with zero attached hydrogens (tertiary/aromatic N) is 1. The highest BCUT2D eigenvalue weighted by Gasteiger charge is 2.19. The van der Waals surface area contributed by atoms with Crippen molar-refractivity contribution in [3.8, 4) is 0 Å². The second kappa shape index (κ2) is 5.13. The van der Waals surface area contributed by atoms with Gasteiger partial charge in [0.2, 0.25) is 0 Å². The third-order valence-corrected chi connectivity index (χ3v) is 2.78. The van der Waals surface area contributed by atoms with Crippen molar-refractivity contribution < 1.29 is 4.74 Å². The predicted molar refractivity (Wildman–Crippen MR) is 60.5 cm³/mol. The van der Waals surface area contributed by atoms with E-state index in [1.807, 2.05) is 0 Å². The molecule has 0 spiro atoms. The lowest BCUT2D eigenvalue weighted by Gasteiger charge is -2.20. The van der Waals surface area contributed by atoms with E-state index < -0.39 is 0 Å². The van der Waals surface area contributed by atoms with Gasteiger partial charge in [-0.25, -0.2) is 0 Å². The van der Waals surface area contributed by atoms with Gasteiger partial charge < -0.3 is 9.64 Å². The third kappa shape index (κ3) is 4.97. The van der Waals surface area contributed by atoms with E-state index in [4.69, 9.17) is 4.74 Å². The molecule has 0 aromatic carbocycles. The molecule has 0 amide bonds. The summed E-state index contributed by atoms with van der Waals surface area (Å²) in [6.07, 6.45) is 3.93. The van der Waals surface area contributed by atoms with Crippen LogP contribution >= 0.6 is 0 Å². The fraction of sp³-hybridized carbons (Fsp3) is 1.00. The van der Waals surface area contributed by atoms with Crippen LogP contribution in [0, 0.1) is 5.92 Å². The molecule has 1 unspecified atom stereocenters.